The summed E-state index contributed by atoms with van der Waals surface area (Å²) in [6, 6.07) is 5.86. The van der Waals surface area contributed by atoms with Crippen LogP contribution in [0.4, 0.5) is 5.95 Å². The predicted molar refractivity (Wildman–Crippen MR) is 77.6 cm³/mol. The Morgan fingerprint density at radius 1 is 1.35 bits per heavy atom. The minimum atomic E-state index is 0.482. The Labute approximate surface area is 116 Å². The van der Waals surface area contributed by atoms with Crippen molar-refractivity contribution in [2.75, 3.05) is 12.3 Å². The van der Waals surface area contributed by atoms with Crippen molar-refractivity contribution < 1.29 is 4.74 Å². The lowest BCUT2D eigenvalue weighted by atomic mass is 10.3. The maximum atomic E-state index is 6.04. The molecule has 0 radical (unpaired) electrons. The van der Waals surface area contributed by atoms with Crippen molar-refractivity contribution in [1.82, 2.24) is 19.3 Å². The molecule has 2 N–H and O–H groups in total. The highest BCUT2D eigenvalue weighted by atomic mass is 16.5. The fraction of sp³-hybridized carbons (Fsp3) is 0.286. The van der Waals surface area contributed by atoms with Crippen LogP contribution in [0.2, 0.25) is 0 Å². The maximum absolute atomic E-state index is 6.04. The molecule has 20 heavy (non-hydrogen) atoms. The van der Waals surface area contributed by atoms with Gasteiger partial charge in [-0.15, -0.1) is 0 Å². The summed E-state index contributed by atoms with van der Waals surface area (Å²) in [7, 11) is 1.89. The van der Waals surface area contributed by atoms with Gasteiger partial charge in [0, 0.05) is 18.8 Å². The molecule has 0 saturated heterocycles. The molecule has 2 aromatic heterocycles. The van der Waals surface area contributed by atoms with Crippen LogP contribution >= 0.6 is 0 Å². The van der Waals surface area contributed by atoms with Crippen molar-refractivity contribution in [3.05, 3.63) is 36.2 Å². The van der Waals surface area contributed by atoms with Gasteiger partial charge in [-0.1, -0.05) is 6.07 Å². The molecule has 0 unspecified atom stereocenters. The molecular weight excluding hydrogens is 254 g/mol. The summed E-state index contributed by atoms with van der Waals surface area (Å²) in [5.41, 5.74) is 8.90. The molecule has 2 heterocycles. The Kier molecular flexibility index (Phi) is 3.06. The van der Waals surface area contributed by atoms with Crippen LogP contribution in [0.25, 0.3) is 11.0 Å². The van der Waals surface area contributed by atoms with E-state index in [1.807, 2.05) is 49.1 Å². The maximum Gasteiger partial charge on any atom is 0.201 e. The molecule has 0 bridgehead atoms. The monoisotopic (exact) mass is 271 g/mol. The highest BCUT2D eigenvalue weighted by molar-refractivity contribution is 5.84. The predicted octanol–water partition coefficient (Wildman–Crippen LogP) is 1.80. The second kappa shape index (κ2) is 4.88. The van der Waals surface area contributed by atoms with E-state index >= 15 is 0 Å². The van der Waals surface area contributed by atoms with Gasteiger partial charge in [0.15, 0.2) is 0 Å². The molecule has 0 spiro atoms. The number of hydrogen-bond donors (Lipinski definition) is 1. The van der Waals surface area contributed by atoms with Crippen LogP contribution in [-0.2, 0) is 13.6 Å². The Morgan fingerprint density at radius 2 is 2.20 bits per heavy atom. The van der Waals surface area contributed by atoms with Crippen LogP contribution in [0.1, 0.15) is 12.5 Å². The number of para-hydroxylation sites is 1. The second-order valence-electron chi connectivity index (χ2n) is 4.64. The molecule has 6 heteroatoms. The quantitative estimate of drug-likeness (QED) is 0.785. The van der Waals surface area contributed by atoms with E-state index in [0.717, 1.165) is 22.3 Å². The first kappa shape index (κ1) is 12.5. The number of ether oxygens (including phenoxy) is 1. The molecule has 104 valence electrons. The van der Waals surface area contributed by atoms with Gasteiger partial charge >= 0.3 is 0 Å². The molecule has 3 rings (SSSR count). The van der Waals surface area contributed by atoms with Gasteiger partial charge in [-0.25, -0.2) is 4.98 Å². The lowest BCUT2D eigenvalue weighted by Crippen LogP contribution is -2.03. The lowest BCUT2D eigenvalue weighted by Gasteiger charge is -2.06. The van der Waals surface area contributed by atoms with Crippen LogP contribution in [0.3, 0.4) is 0 Å². The molecule has 0 aliphatic rings. The molecule has 0 aliphatic carbocycles. The lowest BCUT2D eigenvalue weighted by molar-refractivity contribution is 0.343. The zero-order chi connectivity index (χ0) is 14.1. The first-order valence-corrected chi connectivity index (χ1v) is 6.54. The average Bonchev–Trinajstić information content (AvgIpc) is 2.97. The van der Waals surface area contributed by atoms with E-state index in [-0.39, 0.29) is 0 Å². The fourth-order valence-electron chi connectivity index (χ4n) is 2.31. The zero-order valence-electron chi connectivity index (χ0n) is 11.6. The minimum absolute atomic E-state index is 0.482. The van der Waals surface area contributed by atoms with Crippen LogP contribution in [0.15, 0.2) is 30.6 Å². The molecule has 0 saturated carbocycles. The van der Waals surface area contributed by atoms with Crippen LogP contribution in [-0.4, -0.2) is 25.9 Å². The number of hydrogen-bond acceptors (Lipinski definition) is 4. The molecule has 1 aromatic carbocycles. The fourth-order valence-corrected chi connectivity index (χ4v) is 2.31. The summed E-state index contributed by atoms with van der Waals surface area (Å²) in [6.45, 7) is 3.20. The van der Waals surface area contributed by atoms with Crippen molar-refractivity contribution in [2.24, 2.45) is 7.05 Å². The van der Waals surface area contributed by atoms with Crippen molar-refractivity contribution in [3.63, 3.8) is 0 Å². The highest BCUT2D eigenvalue weighted by Gasteiger charge is 2.13. The molecule has 0 amide bonds. The number of fused-ring (bicyclic) bond motifs is 1. The number of aryl methyl sites for hydroxylation is 1. The van der Waals surface area contributed by atoms with E-state index in [2.05, 4.69) is 10.1 Å². The van der Waals surface area contributed by atoms with E-state index in [0.29, 0.717) is 19.1 Å². The van der Waals surface area contributed by atoms with Crippen molar-refractivity contribution in [1.29, 1.82) is 0 Å². The normalized spacial score (nSPS) is 11.1. The van der Waals surface area contributed by atoms with E-state index in [1.165, 1.54) is 0 Å². The zero-order valence-corrected chi connectivity index (χ0v) is 11.6. The summed E-state index contributed by atoms with van der Waals surface area (Å²) >= 11 is 0. The Bertz CT molecular complexity index is 743. The minimum Gasteiger partial charge on any atom is -0.492 e. The number of aromatic nitrogens is 4. The third-order valence-electron chi connectivity index (χ3n) is 3.17. The second-order valence-corrected chi connectivity index (χ2v) is 4.64. The van der Waals surface area contributed by atoms with Gasteiger partial charge < -0.3 is 15.0 Å². The highest BCUT2D eigenvalue weighted by Crippen LogP contribution is 2.27. The Morgan fingerprint density at radius 3 is 2.90 bits per heavy atom. The number of rotatable bonds is 4. The van der Waals surface area contributed by atoms with E-state index < -0.39 is 0 Å². The first-order chi connectivity index (χ1) is 9.69. The summed E-state index contributed by atoms with van der Waals surface area (Å²) < 4.78 is 9.34. The van der Waals surface area contributed by atoms with Gasteiger partial charge in [-0.2, -0.15) is 5.10 Å². The topological polar surface area (TPSA) is 70.9 Å². The number of anilines is 1. The van der Waals surface area contributed by atoms with Gasteiger partial charge in [0.05, 0.1) is 24.9 Å². The van der Waals surface area contributed by atoms with Crippen molar-refractivity contribution in [3.8, 4) is 5.75 Å². The third kappa shape index (κ3) is 2.09. The largest absolute Gasteiger partial charge is 0.492 e. The van der Waals surface area contributed by atoms with Crippen LogP contribution in [0, 0.1) is 0 Å². The van der Waals surface area contributed by atoms with Gasteiger partial charge in [-0.3, -0.25) is 4.68 Å². The number of nitrogens with two attached hydrogens (primary N) is 1. The summed E-state index contributed by atoms with van der Waals surface area (Å²) in [5.74, 6) is 1.25. The average molecular weight is 271 g/mol. The van der Waals surface area contributed by atoms with E-state index in [9.17, 15) is 0 Å². The van der Waals surface area contributed by atoms with E-state index in [4.69, 9.17) is 10.5 Å². The molecule has 3 aromatic rings. The standard InChI is InChI=1S/C14H17N5O/c1-3-20-12-6-4-5-11-13(12)17-14(15)19(11)9-10-7-16-18(2)8-10/h4-8H,3,9H2,1-2H3,(H2,15,17). The van der Waals surface area contributed by atoms with Crippen molar-refractivity contribution >= 4 is 17.0 Å². The molecule has 0 fully saturated rings. The molecule has 0 aliphatic heterocycles. The van der Waals surface area contributed by atoms with Gasteiger partial charge in [0.2, 0.25) is 5.95 Å². The molecule has 6 nitrogen and oxygen atoms in total. The smallest absolute Gasteiger partial charge is 0.201 e. The Hall–Kier alpha value is -2.50. The van der Waals surface area contributed by atoms with Crippen LogP contribution < -0.4 is 10.5 Å². The molecular formula is C14H17N5O. The van der Waals surface area contributed by atoms with Crippen molar-refractivity contribution in [2.45, 2.75) is 13.5 Å². The molecule has 0 atom stereocenters. The number of nitrogen functional groups attached to an aromatic ring is 1. The number of imidazole rings is 1. The first-order valence-electron chi connectivity index (χ1n) is 6.54. The van der Waals surface area contributed by atoms with Gasteiger partial charge in [0.25, 0.3) is 0 Å². The number of nitrogens with zero attached hydrogens (tertiary/aromatic N) is 4. The van der Waals surface area contributed by atoms with Gasteiger partial charge in [0.1, 0.15) is 11.3 Å². The van der Waals surface area contributed by atoms with Crippen LogP contribution in [0.5, 0.6) is 5.75 Å². The summed E-state index contributed by atoms with van der Waals surface area (Å²) in [5, 5.41) is 4.17. The number of benzene rings is 1. The van der Waals surface area contributed by atoms with Gasteiger partial charge in [-0.05, 0) is 19.1 Å². The third-order valence-corrected chi connectivity index (χ3v) is 3.17. The SMILES string of the molecule is CCOc1cccc2c1nc(N)n2Cc1cnn(C)c1. The Balaban J connectivity index is 2.06. The summed E-state index contributed by atoms with van der Waals surface area (Å²) in [4.78, 5) is 4.42. The van der Waals surface area contributed by atoms with E-state index in [1.54, 1.807) is 4.68 Å². The summed E-state index contributed by atoms with van der Waals surface area (Å²) in [6.07, 6.45) is 3.80.